The van der Waals surface area contributed by atoms with Crippen molar-refractivity contribution < 1.29 is 9.90 Å². The van der Waals surface area contributed by atoms with Crippen molar-refractivity contribution in [3.05, 3.63) is 42.5 Å². The first-order valence-electron chi connectivity index (χ1n) is 5.58. The minimum Gasteiger partial charge on any atom is -0.396 e. The Morgan fingerprint density at radius 2 is 1.88 bits per heavy atom. The smallest absolute Gasteiger partial charge is 0.229 e. The minimum atomic E-state index is -0.114. The number of carbonyl (C=O) groups excluding carboxylic acids is 1. The molecule has 0 aliphatic rings. The van der Waals surface area contributed by atoms with Crippen LogP contribution in [-0.4, -0.2) is 24.7 Å². The Bertz CT molecular complexity index is 536. The molecule has 0 fully saturated rings. The number of nitrogens with zero attached hydrogens (tertiary/aromatic N) is 1. The highest BCUT2D eigenvalue weighted by Crippen LogP contribution is 2.21. The molecular formula is C14H15NO2. The summed E-state index contributed by atoms with van der Waals surface area (Å²) in [6.07, 6.45) is 0.156. The highest BCUT2D eigenvalue weighted by atomic mass is 16.3. The fourth-order valence-corrected chi connectivity index (χ4v) is 1.79. The SMILES string of the molecule is CN(C(=O)CCO)c1ccc2ccccc2c1. The number of hydrogen-bond donors (Lipinski definition) is 1. The number of carbonyl (C=O) groups is 1. The van der Waals surface area contributed by atoms with E-state index in [0.29, 0.717) is 0 Å². The van der Waals surface area contributed by atoms with Gasteiger partial charge < -0.3 is 10.0 Å². The molecule has 3 nitrogen and oxygen atoms in total. The molecule has 2 rings (SSSR count). The molecule has 0 spiro atoms. The van der Waals surface area contributed by atoms with Crippen LogP contribution in [0, 0.1) is 0 Å². The van der Waals surface area contributed by atoms with E-state index in [1.54, 1.807) is 11.9 Å². The number of rotatable bonds is 3. The van der Waals surface area contributed by atoms with Crippen molar-refractivity contribution in [1.29, 1.82) is 0 Å². The third kappa shape index (κ3) is 2.45. The second-order valence-electron chi connectivity index (χ2n) is 3.96. The molecule has 0 saturated heterocycles. The van der Waals surface area contributed by atoms with Crippen molar-refractivity contribution in [2.75, 3.05) is 18.6 Å². The third-order valence-electron chi connectivity index (χ3n) is 2.82. The first kappa shape index (κ1) is 11.6. The number of amides is 1. The van der Waals surface area contributed by atoms with Gasteiger partial charge in [0.05, 0.1) is 13.0 Å². The van der Waals surface area contributed by atoms with E-state index >= 15 is 0 Å². The van der Waals surface area contributed by atoms with Gasteiger partial charge in [-0.15, -0.1) is 0 Å². The largest absolute Gasteiger partial charge is 0.396 e. The Labute approximate surface area is 100 Å². The van der Waals surface area contributed by atoms with Gasteiger partial charge in [0.15, 0.2) is 0 Å². The number of fused-ring (bicyclic) bond motifs is 1. The molecule has 0 saturated carbocycles. The average Bonchev–Trinajstić information content (AvgIpc) is 2.37. The van der Waals surface area contributed by atoms with Crippen LogP contribution in [0.15, 0.2) is 42.5 Å². The van der Waals surface area contributed by atoms with Crippen LogP contribution in [0.2, 0.25) is 0 Å². The Balaban J connectivity index is 2.32. The van der Waals surface area contributed by atoms with Gasteiger partial charge in [-0.05, 0) is 22.9 Å². The van der Waals surface area contributed by atoms with Gasteiger partial charge in [-0.3, -0.25) is 4.79 Å². The summed E-state index contributed by atoms with van der Waals surface area (Å²) >= 11 is 0. The maximum Gasteiger partial charge on any atom is 0.229 e. The van der Waals surface area contributed by atoms with Crippen LogP contribution in [0.3, 0.4) is 0 Å². The van der Waals surface area contributed by atoms with Crippen LogP contribution in [0.5, 0.6) is 0 Å². The standard InChI is InChI=1S/C14H15NO2/c1-15(14(17)8-9-16)13-7-6-11-4-2-3-5-12(11)10-13/h2-7,10,16H,8-9H2,1H3. The molecule has 0 atom stereocenters. The van der Waals surface area contributed by atoms with Gasteiger partial charge in [0, 0.05) is 12.7 Å². The van der Waals surface area contributed by atoms with Gasteiger partial charge >= 0.3 is 0 Å². The Hall–Kier alpha value is -1.87. The van der Waals surface area contributed by atoms with Crippen molar-refractivity contribution in [2.45, 2.75) is 6.42 Å². The molecule has 0 aliphatic heterocycles. The van der Waals surface area contributed by atoms with E-state index in [-0.39, 0.29) is 18.9 Å². The fourth-order valence-electron chi connectivity index (χ4n) is 1.79. The maximum atomic E-state index is 11.6. The number of benzene rings is 2. The normalized spacial score (nSPS) is 10.5. The van der Waals surface area contributed by atoms with E-state index in [9.17, 15) is 4.79 Å². The highest BCUT2D eigenvalue weighted by Gasteiger charge is 2.10. The molecule has 17 heavy (non-hydrogen) atoms. The van der Waals surface area contributed by atoms with E-state index in [1.165, 1.54) is 0 Å². The number of hydrogen-bond acceptors (Lipinski definition) is 2. The van der Waals surface area contributed by atoms with Crippen LogP contribution >= 0.6 is 0 Å². The minimum absolute atomic E-state index is 0.0808. The van der Waals surface area contributed by atoms with Gasteiger partial charge in [-0.25, -0.2) is 0 Å². The van der Waals surface area contributed by atoms with Crippen molar-refractivity contribution in [3.63, 3.8) is 0 Å². The van der Waals surface area contributed by atoms with Gasteiger partial charge in [0.25, 0.3) is 0 Å². The van der Waals surface area contributed by atoms with Gasteiger partial charge in [-0.2, -0.15) is 0 Å². The zero-order valence-corrected chi connectivity index (χ0v) is 9.76. The molecule has 0 unspecified atom stereocenters. The second-order valence-corrected chi connectivity index (χ2v) is 3.96. The zero-order valence-electron chi connectivity index (χ0n) is 9.76. The summed E-state index contributed by atoms with van der Waals surface area (Å²) in [7, 11) is 1.72. The van der Waals surface area contributed by atoms with Crippen molar-refractivity contribution in [1.82, 2.24) is 0 Å². The van der Waals surface area contributed by atoms with E-state index < -0.39 is 0 Å². The molecular weight excluding hydrogens is 214 g/mol. The van der Waals surface area contributed by atoms with E-state index in [1.807, 2.05) is 42.5 Å². The van der Waals surface area contributed by atoms with Gasteiger partial charge in [0.1, 0.15) is 0 Å². The summed E-state index contributed by atoms with van der Waals surface area (Å²) in [5.74, 6) is -0.0808. The summed E-state index contributed by atoms with van der Waals surface area (Å²) in [5, 5.41) is 11.0. The summed E-state index contributed by atoms with van der Waals surface area (Å²) in [6.45, 7) is -0.114. The second kappa shape index (κ2) is 4.97. The van der Waals surface area contributed by atoms with Crippen LogP contribution in [0.25, 0.3) is 10.8 Å². The highest BCUT2D eigenvalue weighted by molar-refractivity contribution is 5.95. The predicted molar refractivity (Wildman–Crippen MR) is 69.1 cm³/mol. The number of anilines is 1. The summed E-state index contributed by atoms with van der Waals surface area (Å²) in [6, 6.07) is 13.9. The quantitative estimate of drug-likeness (QED) is 0.876. The summed E-state index contributed by atoms with van der Waals surface area (Å²) in [5.41, 5.74) is 0.849. The molecule has 2 aromatic carbocycles. The monoisotopic (exact) mass is 229 g/mol. The lowest BCUT2D eigenvalue weighted by Gasteiger charge is -2.17. The molecule has 2 aromatic rings. The first-order chi connectivity index (χ1) is 8.22. The van der Waals surface area contributed by atoms with Crippen LogP contribution in [-0.2, 0) is 4.79 Å². The van der Waals surface area contributed by atoms with E-state index in [0.717, 1.165) is 16.5 Å². The molecule has 0 heterocycles. The first-order valence-corrected chi connectivity index (χ1v) is 5.58. The molecule has 0 aromatic heterocycles. The molecule has 0 radical (unpaired) electrons. The average molecular weight is 229 g/mol. The van der Waals surface area contributed by atoms with E-state index in [2.05, 4.69) is 0 Å². The van der Waals surface area contributed by atoms with Crippen LogP contribution < -0.4 is 4.90 Å². The molecule has 1 N–H and O–H groups in total. The maximum absolute atomic E-state index is 11.6. The fraction of sp³-hybridized carbons (Fsp3) is 0.214. The molecule has 1 amide bonds. The number of aliphatic hydroxyl groups is 1. The Morgan fingerprint density at radius 1 is 1.18 bits per heavy atom. The van der Waals surface area contributed by atoms with Crippen LogP contribution in [0.1, 0.15) is 6.42 Å². The van der Waals surface area contributed by atoms with Crippen molar-refractivity contribution in [3.8, 4) is 0 Å². The zero-order chi connectivity index (χ0) is 12.3. The molecule has 88 valence electrons. The summed E-state index contributed by atoms with van der Waals surface area (Å²) in [4.78, 5) is 13.2. The molecule has 0 bridgehead atoms. The Morgan fingerprint density at radius 3 is 2.59 bits per heavy atom. The van der Waals surface area contributed by atoms with Crippen molar-refractivity contribution in [2.24, 2.45) is 0 Å². The van der Waals surface area contributed by atoms with E-state index in [4.69, 9.17) is 5.11 Å². The number of aliphatic hydroxyl groups excluding tert-OH is 1. The predicted octanol–water partition coefficient (Wildman–Crippen LogP) is 2.18. The topological polar surface area (TPSA) is 40.5 Å². The molecule has 0 aliphatic carbocycles. The van der Waals surface area contributed by atoms with Crippen LogP contribution in [0.4, 0.5) is 5.69 Å². The lowest BCUT2D eigenvalue weighted by Crippen LogP contribution is -2.26. The third-order valence-corrected chi connectivity index (χ3v) is 2.82. The lowest BCUT2D eigenvalue weighted by molar-refractivity contribution is -0.118. The van der Waals surface area contributed by atoms with Crippen molar-refractivity contribution >= 4 is 22.4 Å². The lowest BCUT2D eigenvalue weighted by atomic mass is 10.1. The van der Waals surface area contributed by atoms with Gasteiger partial charge in [0.2, 0.25) is 5.91 Å². The Kier molecular flexibility index (Phi) is 3.40. The summed E-state index contributed by atoms with van der Waals surface area (Å²) < 4.78 is 0. The molecule has 3 heteroatoms. The van der Waals surface area contributed by atoms with Gasteiger partial charge in [-0.1, -0.05) is 30.3 Å².